The van der Waals surface area contributed by atoms with Gasteiger partial charge in [-0.15, -0.1) is 0 Å². The van der Waals surface area contributed by atoms with E-state index in [1.807, 2.05) is 60.7 Å². The van der Waals surface area contributed by atoms with E-state index in [-0.39, 0.29) is 12.4 Å². The Morgan fingerprint density at radius 2 is 1.50 bits per heavy atom. The number of ether oxygens (including phenoxy) is 1. The van der Waals surface area contributed by atoms with Crippen molar-refractivity contribution in [2.24, 2.45) is 0 Å². The number of carbonyl (C=O) groups excluding carboxylic acids is 1. The largest absolute Gasteiger partial charge is 0.466 e. The molecule has 4 nitrogen and oxygen atoms in total. The third-order valence-corrected chi connectivity index (χ3v) is 3.55. The molecule has 0 bridgehead atoms. The van der Waals surface area contributed by atoms with Gasteiger partial charge in [0.05, 0.1) is 30.1 Å². The molecule has 3 rings (SSSR count). The van der Waals surface area contributed by atoms with Gasteiger partial charge in [0.25, 0.3) is 0 Å². The average molecular weight is 318 g/mol. The third kappa shape index (κ3) is 3.66. The Balaban J connectivity index is 2.05. The standard InChI is InChI=1S/C20H18N2O2/c1-2-24-18(23)13-17-14-21-19(15-9-5-3-6-10-15)20(22-17)16-11-7-4-8-12-16/h3-12,14H,2,13H2,1H3. The van der Waals surface area contributed by atoms with Gasteiger partial charge in [-0.2, -0.15) is 0 Å². The van der Waals surface area contributed by atoms with E-state index in [9.17, 15) is 4.79 Å². The van der Waals surface area contributed by atoms with Crippen LogP contribution in [0.5, 0.6) is 0 Å². The van der Waals surface area contributed by atoms with E-state index in [1.54, 1.807) is 13.1 Å². The molecule has 1 heterocycles. The average Bonchev–Trinajstić information content (AvgIpc) is 2.63. The minimum Gasteiger partial charge on any atom is -0.466 e. The molecule has 0 atom stereocenters. The molecular weight excluding hydrogens is 300 g/mol. The maximum absolute atomic E-state index is 11.7. The first kappa shape index (κ1) is 15.9. The number of carbonyl (C=O) groups is 1. The van der Waals surface area contributed by atoms with Crippen molar-refractivity contribution < 1.29 is 9.53 Å². The summed E-state index contributed by atoms with van der Waals surface area (Å²) >= 11 is 0. The van der Waals surface area contributed by atoms with E-state index in [2.05, 4.69) is 9.97 Å². The van der Waals surface area contributed by atoms with Crippen LogP contribution in [0.25, 0.3) is 22.5 Å². The van der Waals surface area contributed by atoms with Crippen molar-refractivity contribution in [3.8, 4) is 22.5 Å². The topological polar surface area (TPSA) is 52.1 Å². The Hall–Kier alpha value is -3.01. The monoisotopic (exact) mass is 318 g/mol. The smallest absolute Gasteiger partial charge is 0.311 e. The lowest BCUT2D eigenvalue weighted by atomic mass is 10.0. The lowest BCUT2D eigenvalue weighted by molar-refractivity contribution is -0.142. The van der Waals surface area contributed by atoms with Crippen LogP contribution in [0.4, 0.5) is 0 Å². The maximum atomic E-state index is 11.7. The molecule has 24 heavy (non-hydrogen) atoms. The molecule has 4 heteroatoms. The van der Waals surface area contributed by atoms with Crippen LogP contribution in [0.15, 0.2) is 66.9 Å². The summed E-state index contributed by atoms with van der Waals surface area (Å²) in [4.78, 5) is 21.0. The van der Waals surface area contributed by atoms with E-state index in [0.29, 0.717) is 12.3 Å². The van der Waals surface area contributed by atoms with Crippen LogP contribution < -0.4 is 0 Å². The first-order chi connectivity index (χ1) is 11.8. The fourth-order valence-corrected chi connectivity index (χ4v) is 2.48. The molecule has 0 saturated carbocycles. The van der Waals surface area contributed by atoms with Crippen LogP contribution in [0.3, 0.4) is 0 Å². The second-order valence-electron chi connectivity index (χ2n) is 5.27. The summed E-state index contributed by atoms with van der Waals surface area (Å²) < 4.78 is 5.00. The Bertz CT molecular complexity index is 818. The molecule has 0 N–H and O–H groups in total. The highest BCUT2D eigenvalue weighted by Gasteiger charge is 2.14. The molecule has 0 unspecified atom stereocenters. The molecule has 0 fully saturated rings. The Kier molecular flexibility index (Phi) is 4.96. The molecule has 0 amide bonds. The quantitative estimate of drug-likeness (QED) is 0.669. The summed E-state index contributed by atoms with van der Waals surface area (Å²) in [6, 6.07) is 19.8. The van der Waals surface area contributed by atoms with Gasteiger partial charge in [-0.05, 0) is 6.92 Å². The van der Waals surface area contributed by atoms with Crippen LogP contribution >= 0.6 is 0 Å². The van der Waals surface area contributed by atoms with Crippen LogP contribution in [-0.2, 0) is 16.0 Å². The van der Waals surface area contributed by atoms with E-state index >= 15 is 0 Å². The Morgan fingerprint density at radius 3 is 2.08 bits per heavy atom. The number of benzene rings is 2. The van der Waals surface area contributed by atoms with Gasteiger partial charge in [0.1, 0.15) is 0 Å². The molecule has 0 aliphatic carbocycles. The molecule has 0 spiro atoms. The van der Waals surface area contributed by atoms with Crippen molar-refractivity contribution in [2.45, 2.75) is 13.3 Å². The van der Waals surface area contributed by atoms with Crippen molar-refractivity contribution >= 4 is 5.97 Å². The highest BCUT2D eigenvalue weighted by atomic mass is 16.5. The summed E-state index contributed by atoms with van der Waals surface area (Å²) in [5.74, 6) is -0.293. The van der Waals surface area contributed by atoms with Gasteiger partial charge in [-0.3, -0.25) is 9.78 Å². The van der Waals surface area contributed by atoms with Crippen LogP contribution in [0.2, 0.25) is 0 Å². The van der Waals surface area contributed by atoms with Crippen LogP contribution in [0.1, 0.15) is 12.6 Å². The van der Waals surface area contributed by atoms with Gasteiger partial charge < -0.3 is 4.74 Å². The number of hydrogen-bond acceptors (Lipinski definition) is 4. The zero-order valence-corrected chi connectivity index (χ0v) is 13.5. The van der Waals surface area contributed by atoms with Gasteiger partial charge in [0.2, 0.25) is 0 Å². The van der Waals surface area contributed by atoms with Gasteiger partial charge in [-0.25, -0.2) is 4.98 Å². The number of nitrogens with zero attached hydrogens (tertiary/aromatic N) is 2. The highest BCUT2D eigenvalue weighted by Crippen LogP contribution is 2.28. The van der Waals surface area contributed by atoms with Gasteiger partial charge >= 0.3 is 5.97 Å². The molecular formula is C20H18N2O2. The normalized spacial score (nSPS) is 10.4. The van der Waals surface area contributed by atoms with E-state index in [1.165, 1.54) is 0 Å². The zero-order valence-electron chi connectivity index (χ0n) is 13.5. The number of esters is 1. The van der Waals surface area contributed by atoms with E-state index < -0.39 is 0 Å². The first-order valence-corrected chi connectivity index (χ1v) is 7.90. The second-order valence-corrected chi connectivity index (χ2v) is 5.27. The van der Waals surface area contributed by atoms with Crippen LogP contribution in [0, 0.1) is 0 Å². The molecule has 120 valence electrons. The van der Waals surface area contributed by atoms with Gasteiger partial charge in [0.15, 0.2) is 0 Å². The van der Waals surface area contributed by atoms with E-state index in [0.717, 1.165) is 22.5 Å². The molecule has 0 aliphatic rings. The summed E-state index contributed by atoms with van der Waals surface area (Å²) in [6.07, 6.45) is 1.77. The fourth-order valence-electron chi connectivity index (χ4n) is 2.48. The predicted octanol–water partition coefficient (Wildman–Crippen LogP) is 3.92. The second kappa shape index (κ2) is 7.51. The third-order valence-electron chi connectivity index (χ3n) is 3.55. The number of rotatable bonds is 5. The number of hydrogen-bond donors (Lipinski definition) is 0. The maximum Gasteiger partial charge on any atom is 0.311 e. The summed E-state index contributed by atoms with van der Waals surface area (Å²) in [7, 11) is 0. The Morgan fingerprint density at radius 1 is 0.917 bits per heavy atom. The van der Waals surface area contributed by atoms with Gasteiger partial charge in [-0.1, -0.05) is 60.7 Å². The fraction of sp³-hybridized carbons (Fsp3) is 0.150. The van der Waals surface area contributed by atoms with Crippen LogP contribution in [-0.4, -0.2) is 22.5 Å². The summed E-state index contributed by atoms with van der Waals surface area (Å²) in [5, 5.41) is 0. The minimum absolute atomic E-state index is 0.121. The van der Waals surface area contributed by atoms with Crippen molar-refractivity contribution in [2.75, 3.05) is 6.61 Å². The molecule has 1 aromatic heterocycles. The van der Waals surface area contributed by atoms with Crippen molar-refractivity contribution in [3.63, 3.8) is 0 Å². The summed E-state index contributed by atoms with van der Waals surface area (Å²) in [5.41, 5.74) is 4.13. The summed E-state index contributed by atoms with van der Waals surface area (Å²) in [6.45, 7) is 2.15. The predicted molar refractivity (Wildman–Crippen MR) is 93.2 cm³/mol. The molecule has 0 saturated heterocycles. The molecule has 2 aromatic carbocycles. The van der Waals surface area contributed by atoms with Gasteiger partial charge in [0, 0.05) is 17.3 Å². The lowest BCUT2D eigenvalue weighted by Gasteiger charge is -2.10. The highest BCUT2D eigenvalue weighted by molar-refractivity contribution is 5.78. The van der Waals surface area contributed by atoms with Crippen molar-refractivity contribution in [1.29, 1.82) is 0 Å². The Labute approximate surface area is 141 Å². The first-order valence-electron chi connectivity index (χ1n) is 7.90. The zero-order chi connectivity index (χ0) is 16.8. The SMILES string of the molecule is CCOC(=O)Cc1cnc(-c2ccccc2)c(-c2ccccc2)n1. The minimum atomic E-state index is -0.293. The molecule has 0 aliphatic heterocycles. The lowest BCUT2D eigenvalue weighted by Crippen LogP contribution is -2.10. The molecule has 3 aromatic rings. The van der Waals surface area contributed by atoms with Crippen molar-refractivity contribution in [3.05, 3.63) is 72.6 Å². The number of aromatic nitrogens is 2. The van der Waals surface area contributed by atoms with Crippen molar-refractivity contribution in [1.82, 2.24) is 9.97 Å². The van der Waals surface area contributed by atoms with E-state index in [4.69, 9.17) is 4.74 Å². The molecule has 0 radical (unpaired) electrons.